The standard InChI is InChI=1S/C11H12FNO3/c12-9-2-1-3-10(8-9)16-11(14)13-4-6-15-7-5-13/h1-3,8H,4-7H2. The molecule has 1 heterocycles. The zero-order chi connectivity index (χ0) is 11.4. The lowest BCUT2D eigenvalue weighted by Crippen LogP contribution is -2.42. The van der Waals surface area contributed by atoms with E-state index >= 15 is 0 Å². The number of hydrogen-bond donors (Lipinski definition) is 0. The Labute approximate surface area is 92.6 Å². The fourth-order valence-electron chi connectivity index (χ4n) is 1.44. The fourth-order valence-corrected chi connectivity index (χ4v) is 1.44. The average Bonchev–Trinajstić information content (AvgIpc) is 2.30. The number of carbonyl (C=O) groups is 1. The predicted molar refractivity (Wildman–Crippen MR) is 54.8 cm³/mol. The van der Waals surface area contributed by atoms with Gasteiger partial charge in [0.2, 0.25) is 0 Å². The van der Waals surface area contributed by atoms with E-state index in [0.29, 0.717) is 26.3 Å². The van der Waals surface area contributed by atoms with Gasteiger partial charge in [0, 0.05) is 19.2 Å². The lowest BCUT2D eigenvalue weighted by molar-refractivity contribution is 0.0415. The summed E-state index contributed by atoms with van der Waals surface area (Å²) in [7, 11) is 0. The Morgan fingerprint density at radius 3 is 2.81 bits per heavy atom. The van der Waals surface area contributed by atoms with Crippen LogP contribution in [0.3, 0.4) is 0 Å². The maximum absolute atomic E-state index is 12.8. The van der Waals surface area contributed by atoms with Gasteiger partial charge in [0.25, 0.3) is 0 Å². The molecule has 0 atom stereocenters. The Kier molecular flexibility index (Phi) is 3.36. The van der Waals surface area contributed by atoms with Gasteiger partial charge in [-0.3, -0.25) is 0 Å². The third-order valence-corrected chi connectivity index (χ3v) is 2.27. The van der Waals surface area contributed by atoms with Crippen LogP contribution in [0, 0.1) is 5.82 Å². The van der Waals surface area contributed by atoms with Gasteiger partial charge in [-0.2, -0.15) is 0 Å². The highest BCUT2D eigenvalue weighted by Crippen LogP contribution is 2.13. The molecule has 0 aliphatic carbocycles. The molecule has 0 unspecified atom stereocenters. The Morgan fingerprint density at radius 2 is 2.12 bits per heavy atom. The molecule has 1 aliphatic heterocycles. The molecule has 1 aromatic rings. The third kappa shape index (κ3) is 2.70. The van der Waals surface area contributed by atoms with Gasteiger partial charge in [-0.15, -0.1) is 0 Å². The minimum atomic E-state index is -0.464. The van der Waals surface area contributed by atoms with Gasteiger partial charge in [0.1, 0.15) is 11.6 Å². The molecule has 0 saturated carbocycles. The van der Waals surface area contributed by atoms with E-state index in [0.717, 1.165) is 0 Å². The molecular formula is C11H12FNO3. The number of carbonyl (C=O) groups excluding carboxylic acids is 1. The number of nitrogens with zero attached hydrogens (tertiary/aromatic N) is 1. The summed E-state index contributed by atoms with van der Waals surface area (Å²) in [5.74, 6) is -0.205. The van der Waals surface area contributed by atoms with E-state index in [2.05, 4.69) is 0 Å². The topological polar surface area (TPSA) is 38.8 Å². The Morgan fingerprint density at radius 1 is 1.38 bits per heavy atom. The molecule has 5 heteroatoms. The summed E-state index contributed by atoms with van der Waals surface area (Å²) < 4.78 is 23.0. The first-order valence-electron chi connectivity index (χ1n) is 5.06. The molecule has 86 valence electrons. The Hall–Kier alpha value is -1.62. The van der Waals surface area contributed by atoms with Crippen LogP contribution in [0.2, 0.25) is 0 Å². The van der Waals surface area contributed by atoms with Crippen LogP contribution in [-0.4, -0.2) is 37.3 Å². The van der Waals surface area contributed by atoms with Crippen molar-refractivity contribution in [2.75, 3.05) is 26.3 Å². The molecule has 1 aromatic carbocycles. The second-order valence-corrected chi connectivity index (χ2v) is 3.42. The first-order valence-corrected chi connectivity index (χ1v) is 5.06. The number of ether oxygens (including phenoxy) is 2. The summed E-state index contributed by atoms with van der Waals surface area (Å²) in [4.78, 5) is 13.1. The van der Waals surface area contributed by atoms with Crippen LogP contribution in [-0.2, 0) is 4.74 Å². The van der Waals surface area contributed by atoms with Crippen molar-refractivity contribution in [2.45, 2.75) is 0 Å². The number of hydrogen-bond acceptors (Lipinski definition) is 3. The zero-order valence-electron chi connectivity index (χ0n) is 8.69. The van der Waals surface area contributed by atoms with Crippen molar-refractivity contribution in [1.82, 2.24) is 4.90 Å². The SMILES string of the molecule is O=C(Oc1cccc(F)c1)N1CCOCC1. The molecular weight excluding hydrogens is 213 g/mol. The molecule has 1 amide bonds. The quantitative estimate of drug-likeness (QED) is 0.729. The van der Waals surface area contributed by atoms with Crippen LogP contribution in [0.15, 0.2) is 24.3 Å². The van der Waals surface area contributed by atoms with Gasteiger partial charge in [-0.25, -0.2) is 9.18 Å². The van der Waals surface area contributed by atoms with Crippen molar-refractivity contribution < 1.29 is 18.7 Å². The van der Waals surface area contributed by atoms with E-state index in [1.165, 1.54) is 23.1 Å². The zero-order valence-corrected chi connectivity index (χ0v) is 8.69. The Balaban J connectivity index is 1.96. The molecule has 16 heavy (non-hydrogen) atoms. The van der Waals surface area contributed by atoms with E-state index in [-0.39, 0.29) is 5.75 Å². The second-order valence-electron chi connectivity index (χ2n) is 3.42. The molecule has 2 rings (SSSR count). The average molecular weight is 225 g/mol. The lowest BCUT2D eigenvalue weighted by atomic mass is 10.3. The molecule has 0 spiro atoms. The third-order valence-electron chi connectivity index (χ3n) is 2.27. The smallest absolute Gasteiger partial charge is 0.410 e. The number of rotatable bonds is 1. The van der Waals surface area contributed by atoms with Crippen LogP contribution in [0.4, 0.5) is 9.18 Å². The normalized spacial score (nSPS) is 15.9. The van der Waals surface area contributed by atoms with Crippen molar-refractivity contribution in [3.05, 3.63) is 30.1 Å². The minimum absolute atomic E-state index is 0.219. The van der Waals surface area contributed by atoms with Gasteiger partial charge in [-0.05, 0) is 12.1 Å². The lowest BCUT2D eigenvalue weighted by Gasteiger charge is -2.25. The molecule has 1 fully saturated rings. The molecule has 0 radical (unpaired) electrons. The second kappa shape index (κ2) is 4.94. The van der Waals surface area contributed by atoms with Crippen molar-refractivity contribution in [3.8, 4) is 5.75 Å². The van der Waals surface area contributed by atoms with Crippen LogP contribution < -0.4 is 4.74 Å². The monoisotopic (exact) mass is 225 g/mol. The van der Waals surface area contributed by atoms with Gasteiger partial charge in [0.05, 0.1) is 13.2 Å². The summed E-state index contributed by atoms with van der Waals surface area (Å²) in [5, 5.41) is 0. The largest absolute Gasteiger partial charge is 0.415 e. The van der Waals surface area contributed by atoms with Gasteiger partial charge in [0.15, 0.2) is 0 Å². The fraction of sp³-hybridized carbons (Fsp3) is 0.364. The molecule has 1 aliphatic rings. The van der Waals surface area contributed by atoms with Crippen molar-refractivity contribution >= 4 is 6.09 Å². The maximum atomic E-state index is 12.8. The highest BCUT2D eigenvalue weighted by molar-refractivity contribution is 5.70. The summed E-state index contributed by atoms with van der Waals surface area (Å²) in [5.41, 5.74) is 0. The first kappa shape index (κ1) is 10.9. The number of benzene rings is 1. The number of amides is 1. The first-order chi connectivity index (χ1) is 7.75. The Bertz CT molecular complexity index is 377. The van der Waals surface area contributed by atoms with Gasteiger partial charge < -0.3 is 14.4 Å². The van der Waals surface area contributed by atoms with E-state index in [4.69, 9.17) is 9.47 Å². The van der Waals surface area contributed by atoms with Crippen molar-refractivity contribution in [1.29, 1.82) is 0 Å². The summed E-state index contributed by atoms with van der Waals surface area (Å²) in [6.07, 6.45) is -0.464. The van der Waals surface area contributed by atoms with Crippen LogP contribution in [0.1, 0.15) is 0 Å². The van der Waals surface area contributed by atoms with Crippen molar-refractivity contribution in [3.63, 3.8) is 0 Å². The van der Waals surface area contributed by atoms with Crippen LogP contribution >= 0.6 is 0 Å². The van der Waals surface area contributed by atoms with Gasteiger partial charge >= 0.3 is 6.09 Å². The number of halogens is 1. The summed E-state index contributed by atoms with van der Waals surface area (Å²) in [6.45, 7) is 2.04. The summed E-state index contributed by atoms with van der Waals surface area (Å²) >= 11 is 0. The van der Waals surface area contributed by atoms with Crippen LogP contribution in [0.5, 0.6) is 5.75 Å². The molecule has 0 bridgehead atoms. The molecule has 0 aromatic heterocycles. The highest BCUT2D eigenvalue weighted by atomic mass is 19.1. The van der Waals surface area contributed by atoms with Crippen LogP contribution in [0.25, 0.3) is 0 Å². The minimum Gasteiger partial charge on any atom is -0.410 e. The van der Waals surface area contributed by atoms with E-state index in [1.807, 2.05) is 0 Å². The van der Waals surface area contributed by atoms with E-state index in [9.17, 15) is 9.18 Å². The number of morpholine rings is 1. The molecule has 0 N–H and O–H groups in total. The predicted octanol–water partition coefficient (Wildman–Crippen LogP) is 1.66. The molecule has 1 saturated heterocycles. The van der Waals surface area contributed by atoms with Crippen molar-refractivity contribution in [2.24, 2.45) is 0 Å². The summed E-state index contributed by atoms with van der Waals surface area (Å²) in [6, 6.07) is 5.52. The van der Waals surface area contributed by atoms with E-state index < -0.39 is 11.9 Å². The molecule has 4 nitrogen and oxygen atoms in total. The van der Waals surface area contributed by atoms with E-state index in [1.54, 1.807) is 6.07 Å². The van der Waals surface area contributed by atoms with Gasteiger partial charge in [-0.1, -0.05) is 6.07 Å². The highest BCUT2D eigenvalue weighted by Gasteiger charge is 2.18. The maximum Gasteiger partial charge on any atom is 0.415 e.